The molecule has 0 aromatic heterocycles. The summed E-state index contributed by atoms with van der Waals surface area (Å²) in [4.78, 5) is 6.32. The molecule has 94 valence electrons. The Morgan fingerprint density at radius 1 is 1.06 bits per heavy atom. The lowest BCUT2D eigenvalue weighted by Gasteiger charge is -2.33. The molecular formula is C11H27BN4. The molecule has 0 aromatic carbocycles. The fourth-order valence-electron chi connectivity index (χ4n) is 1.91. The molecular weight excluding hydrogens is 199 g/mol. The molecule has 0 aliphatic rings. The van der Waals surface area contributed by atoms with Gasteiger partial charge in [0.1, 0.15) is 0 Å². The van der Waals surface area contributed by atoms with Crippen LogP contribution >= 0.6 is 0 Å². The Labute approximate surface area is 101 Å². The van der Waals surface area contributed by atoms with E-state index in [0.717, 1.165) is 19.5 Å². The van der Waals surface area contributed by atoms with Crippen LogP contribution in [0, 0.1) is 5.41 Å². The van der Waals surface area contributed by atoms with Crippen molar-refractivity contribution in [2.75, 3.05) is 41.3 Å². The van der Waals surface area contributed by atoms with Gasteiger partial charge in [0.15, 0.2) is 0 Å². The van der Waals surface area contributed by atoms with Crippen molar-refractivity contribution in [3.8, 4) is 0 Å². The molecule has 1 N–H and O–H groups in total. The van der Waals surface area contributed by atoms with Crippen molar-refractivity contribution in [1.82, 2.24) is 14.5 Å². The molecule has 0 bridgehead atoms. The summed E-state index contributed by atoms with van der Waals surface area (Å²) in [5.74, 6) is 0. The molecule has 16 heavy (non-hydrogen) atoms. The highest BCUT2D eigenvalue weighted by molar-refractivity contribution is 6.85. The second-order valence-corrected chi connectivity index (χ2v) is 4.62. The van der Waals surface area contributed by atoms with Gasteiger partial charge in [0, 0.05) is 13.1 Å². The van der Waals surface area contributed by atoms with E-state index < -0.39 is 0 Å². The van der Waals surface area contributed by atoms with Crippen LogP contribution in [0.1, 0.15) is 26.7 Å². The third-order valence-corrected chi connectivity index (χ3v) is 2.73. The van der Waals surface area contributed by atoms with E-state index in [0.29, 0.717) is 5.73 Å². The van der Waals surface area contributed by atoms with Gasteiger partial charge >= 0.3 is 6.98 Å². The first kappa shape index (κ1) is 15.5. The van der Waals surface area contributed by atoms with Crippen molar-refractivity contribution < 1.29 is 0 Å². The van der Waals surface area contributed by atoms with E-state index in [1.807, 2.05) is 28.2 Å². The summed E-state index contributed by atoms with van der Waals surface area (Å²) in [5.41, 5.74) is 0.700. The van der Waals surface area contributed by atoms with E-state index in [1.54, 1.807) is 0 Å². The Balaban J connectivity index is 4.55. The van der Waals surface area contributed by atoms with Crippen LogP contribution in [0.3, 0.4) is 0 Å². The van der Waals surface area contributed by atoms with E-state index in [1.165, 1.54) is 6.42 Å². The summed E-state index contributed by atoms with van der Waals surface area (Å²) < 4.78 is 0. The number of hydrogen-bond donors (Lipinski definition) is 1. The highest BCUT2D eigenvalue weighted by Crippen LogP contribution is 2.02. The van der Waals surface area contributed by atoms with Crippen LogP contribution < -0.4 is 0 Å². The van der Waals surface area contributed by atoms with Crippen LogP contribution in [0.15, 0.2) is 0 Å². The number of hydrogen-bond acceptors (Lipinski definition) is 3. The van der Waals surface area contributed by atoms with Crippen LogP contribution in [-0.2, 0) is 0 Å². The van der Waals surface area contributed by atoms with Crippen LogP contribution in [0.2, 0.25) is 0 Å². The Morgan fingerprint density at radius 3 is 1.88 bits per heavy atom. The van der Waals surface area contributed by atoms with Crippen molar-refractivity contribution in [2.24, 2.45) is 0 Å². The Hall–Kier alpha value is -0.545. The number of rotatable bonds is 7. The second kappa shape index (κ2) is 7.68. The third kappa shape index (κ3) is 4.53. The predicted octanol–water partition coefficient (Wildman–Crippen LogP) is 1.24. The number of amidine groups is 1. The van der Waals surface area contributed by atoms with Gasteiger partial charge in [-0.1, -0.05) is 13.3 Å². The molecule has 0 amide bonds. The Kier molecular flexibility index (Phi) is 7.42. The zero-order chi connectivity index (χ0) is 12.7. The summed E-state index contributed by atoms with van der Waals surface area (Å²) >= 11 is 0. The van der Waals surface area contributed by atoms with Gasteiger partial charge in [0.25, 0.3) is 0 Å². The first-order chi connectivity index (χ1) is 7.45. The highest BCUT2D eigenvalue weighted by Gasteiger charge is 2.29. The highest BCUT2D eigenvalue weighted by atomic mass is 15.2. The minimum atomic E-state index is 0.0665. The number of nitrogens with one attached hydrogen (secondary N) is 1. The molecule has 4 nitrogen and oxygen atoms in total. The molecule has 0 aromatic rings. The van der Waals surface area contributed by atoms with E-state index in [2.05, 4.69) is 28.4 Å². The summed E-state index contributed by atoms with van der Waals surface area (Å²) in [7, 11) is 8.08. The quantitative estimate of drug-likeness (QED) is 0.403. The van der Waals surface area contributed by atoms with E-state index in [-0.39, 0.29) is 6.98 Å². The smallest absolute Gasteiger partial charge is 0.366 e. The fourth-order valence-corrected chi connectivity index (χ4v) is 1.91. The summed E-state index contributed by atoms with van der Waals surface area (Å²) in [6.45, 7) is 6.28. The summed E-state index contributed by atoms with van der Waals surface area (Å²) in [5, 5.41) is 8.29. The zero-order valence-electron chi connectivity index (χ0n) is 11.7. The standard InChI is InChI=1S/C11H27BN4/c1-7-9-10-16(8-2)11(13)12(14(3)4)15(5)6/h13H,7-10H2,1-6H3. The number of unbranched alkanes of at least 4 members (excludes halogenated alkanes) is 1. The average molecular weight is 226 g/mol. The lowest BCUT2D eigenvalue weighted by molar-refractivity contribution is 0.420. The molecule has 0 atom stereocenters. The number of nitrogens with zero attached hydrogens (tertiary/aromatic N) is 3. The van der Waals surface area contributed by atoms with Gasteiger partial charge < -0.3 is 14.5 Å². The molecule has 0 spiro atoms. The molecule has 0 aliphatic heterocycles. The zero-order valence-corrected chi connectivity index (χ0v) is 11.7. The van der Waals surface area contributed by atoms with Crippen molar-refractivity contribution in [1.29, 1.82) is 5.41 Å². The van der Waals surface area contributed by atoms with E-state index in [9.17, 15) is 0 Å². The molecule has 0 aliphatic carbocycles. The average Bonchev–Trinajstić information content (AvgIpc) is 2.17. The van der Waals surface area contributed by atoms with Crippen LogP contribution in [0.4, 0.5) is 0 Å². The topological polar surface area (TPSA) is 33.6 Å². The molecule has 0 saturated heterocycles. The largest absolute Gasteiger partial charge is 0.384 e. The van der Waals surface area contributed by atoms with Crippen molar-refractivity contribution in [3.63, 3.8) is 0 Å². The SMILES string of the molecule is CCCCN(CC)C(=N)B(N(C)C)N(C)C. The predicted molar refractivity (Wildman–Crippen MR) is 73.0 cm³/mol. The first-order valence-corrected chi connectivity index (χ1v) is 6.11. The normalized spacial score (nSPS) is 11.0. The minimum Gasteiger partial charge on any atom is -0.366 e. The monoisotopic (exact) mass is 226 g/mol. The maximum absolute atomic E-state index is 8.29. The van der Waals surface area contributed by atoms with Gasteiger partial charge in [0.05, 0.1) is 5.73 Å². The lowest BCUT2D eigenvalue weighted by Crippen LogP contribution is -2.57. The van der Waals surface area contributed by atoms with Gasteiger partial charge in [0.2, 0.25) is 0 Å². The maximum Gasteiger partial charge on any atom is 0.384 e. The van der Waals surface area contributed by atoms with Gasteiger partial charge in [-0.15, -0.1) is 0 Å². The van der Waals surface area contributed by atoms with Crippen molar-refractivity contribution in [3.05, 3.63) is 0 Å². The molecule has 0 fully saturated rings. The molecule has 0 heterocycles. The molecule has 5 heteroatoms. The molecule has 0 rings (SSSR count). The first-order valence-electron chi connectivity index (χ1n) is 6.11. The van der Waals surface area contributed by atoms with Crippen LogP contribution in [-0.4, -0.2) is 68.5 Å². The molecule has 0 saturated carbocycles. The maximum atomic E-state index is 8.29. The van der Waals surface area contributed by atoms with E-state index in [4.69, 9.17) is 5.41 Å². The Morgan fingerprint density at radius 2 is 1.56 bits per heavy atom. The van der Waals surface area contributed by atoms with Gasteiger partial charge in [-0.05, 0) is 41.5 Å². The molecule has 0 unspecified atom stereocenters. The van der Waals surface area contributed by atoms with Gasteiger partial charge in [-0.25, -0.2) is 0 Å². The lowest BCUT2D eigenvalue weighted by atomic mass is 9.70. The summed E-state index contributed by atoms with van der Waals surface area (Å²) in [6, 6.07) is 0. The second-order valence-electron chi connectivity index (χ2n) is 4.62. The fraction of sp³-hybridized carbons (Fsp3) is 0.909. The van der Waals surface area contributed by atoms with Crippen LogP contribution in [0.25, 0.3) is 0 Å². The Bertz CT molecular complexity index is 198. The van der Waals surface area contributed by atoms with Gasteiger partial charge in [-0.3, -0.25) is 5.41 Å². The van der Waals surface area contributed by atoms with Crippen molar-refractivity contribution >= 4 is 12.7 Å². The summed E-state index contributed by atoms with van der Waals surface area (Å²) in [6.07, 6.45) is 2.34. The van der Waals surface area contributed by atoms with Crippen LogP contribution in [0.5, 0.6) is 0 Å². The van der Waals surface area contributed by atoms with Crippen molar-refractivity contribution in [2.45, 2.75) is 26.7 Å². The van der Waals surface area contributed by atoms with Gasteiger partial charge in [-0.2, -0.15) is 0 Å². The third-order valence-electron chi connectivity index (χ3n) is 2.73. The van der Waals surface area contributed by atoms with E-state index >= 15 is 0 Å². The molecule has 0 radical (unpaired) electrons. The minimum absolute atomic E-state index is 0.0665.